The van der Waals surface area contributed by atoms with Gasteiger partial charge in [0.25, 0.3) is 5.91 Å². The van der Waals surface area contributed by atoms with Gasteiger partial charge in [-0.2, -0.15) is 0 Å². The van der Waals surface area contributed by atoms with Crippen LogP contribution in [0.25, 0.3) is 0 Å². The number of hydrogen-bond acceptors (Lipinski definition) is 3. The van der Waals surface area contributed by atoms with Crippen LogP contribution in [0.1, 0.15) is 35.4 Å². The molecule has 1 aromatic heterocycles. The molecule has 0 spiro atoms. The van der Waals surface area contributed by atoms with E-state index in [9.17, 15) is 9.90 Å². The van der Waals surface area contributed by atoms with Crippen molar-refractivity contribution in [2.24, 2.45) is 0 Å². The fraction of sp³-hybridized carbons (Fsp3) is 0.583. The number of amides is 1. The zero-order chi connectivity index (χ0) is 12.0. The summed E-state index contributed by atoms with van der Waals surface area (Å²) in [6.45, 7) is 0. The van der Waals surface area contributed by atoms with Crippen molar-refractivity contribution in [2.45, 2.75) is 43.9 Å². The number of thiophene rings is 1. The Hall–Kier alpha value is -0.390. The van der Waals surface area contributed by atoms with Crippen molar-refractivity contribution in [3.8, 4) is 0 Å². The Morgan fingerprint density at radius 3 is 2.53 bits per heavy atom. The summed E-state index contributed by atoms with van der Waals surface area (Å²) in [6.07, 6.45) is 3.36. The molecule has 0 aromatic carbocycles. The highest BCUT2D eigenvalue weighted by molar-refractivity contribution is 9.11. The van der Waals surface area contributed by atoms with Gasteiger partial charge < -0.3 is 10.0 Å². The largest absolute Gasteiger partial charge is 0.393 e. The fourth-order valence-corrected chi connectivity index (χ4v) is 4.37. The van der Waals surface area contributed by atoms with Gasteiger partial charge in [-0.05, 0) is 53.7 Å². The number of halogens is 1. The summed E-state index contributed by atoms with van der Waals surface area (Å²) in [5.41, 5.74) is 0. The van der Waals surface area contributed by atoms with Gasteiger partial charge in [0.1, 0.15) is 0 Å². The van der Waals surface area contributed by atoms with Crippen LogP contribution in [0.5, 0.6) is 0 Å². The van der Waals surface area contributed by atoms with Crippen LogP contribution in [-0.4, -0.2) is 34.1 Å². The molecule has 17 heavy (non-hydrogen) atoms. The molecule has 2 aliphatic rings. The van der Waals surface area contributed by atoms with Crippen molar-refractivity contribution in [1.82, 2.24) is 4.90 Å². The number of nitrogens with zero attached hydrogens (tertiary/aromatic N) is 1. The average molecular weight is 316 g/mol. The molecule has 1 aromatic rings. The molecule has 2 atom stereocenters. The molecule has 0 radical (unpaired) electrons. The third kappa shape index (κ3) is 2.04. The number of carbonyl (C=O) groups excluding carboxylic acids is 1. The van der Waals surface area contributed by atoms with Gasteiger partial charge >= 0.3 is 0 Å². The number of aliphatic hydroxyl groups excluding tert-OH is 1. The molecule has 3 heterocycles. The van der Waals surface area contributed by atoms with E-state index < -0.39 is 0 Å². The van der Waals surface area contributed by atoms with Gasteiger partial charge in [0.2, 0.25) is 0 Å². The van der Waals surface area contributed by atoms with E-state index in [4.69, 9.17) is 0 Å². The summed E-state index contributed by atoms with van der Waals surface area (Å²) in [5.74, 6) is 0.139. The lowest BCUT2D eigenvalue weighted by atomic mass is 10.00. The quantitative estimate of drug-likeness (QED) is 0.865. The van der Waals surface area contributed by atoms with Gasteiger partial charge in [0.05, 0.1) is 14.8 Å². The van der Waals surface area contributed by atoms with Crippen LogP contribution in [0.4, 0.5) is 0 Å². The van der Waals surface area contributed by atoms with Crippen LogP contribution in [-0.2, 0) is 0 Å². The number of fused-ring (bicyclic) bond motifs is 2. The SMILES string of the molecule is O=C(c1ccc(Br)s1)N1C2CCC1CC(O)C2. The van der Waals surface area contributed by atoms with Gasteiger partial charge in [0, 0.05) is 12.1 Å². The predicted octanol–water partition coefficient (Wildman–Crippen LogP) is 2.64. The average Bonchev–Trinajstić information content (AvgIpc) is 2.81. The Bertz CT molecular complexity index is 433. The predicted molar refractivity (Wildman–Crippen MR) is 70.2 cm³/mol. The van der Waals surface area contributed by atoms with Crippen molar-refractivity contribution in [1.29, 1.82) is 0 Å². The Kier molecular flexibility index (Phi) is 3.00. The number of carbonyl (C=O) groups is 1. The van der Waals surface area contributed by atoms with E-state index in [0.717, 1.165) is 34.3 Å². The van der Waals surface area contributed by atoms with E-state index in [1.165, 1.54) is 11.3 Å². The topological polar surface area (TPSA) is 40.5 Å². The first-order chi connectivity index (χ1) is 8.15. The van der Waals surface area contributed by atoms with Gasteiger partial charge in [-0.25, -0.2) is 0 Å². The maximum atomic E-state index is 12.4. The van der Waals surface area contributed by atoms with Crippen molar-refractivity contribution >= 4 is 33.2 Å². The molecule has 1 amide bonds. The minimum absolute atomic E-state index is 0.139. The minimum atomic E-state index is -0.216. The van der Waals surface area contributed by atoms with E-state index >= 15 is 0 Å². The Labute approximate surface area is 113 Å². The molecule has 3 nitrogen and oxygen atoms in total. The van der Waals surface area contributed by atoms with E-state index in [0.29, 0.717) is 0 Å². The smallest absolute Gasteiger partial charge is 0.264 e. The monoisotopic (exact) mass is 315 g/mol. The first-order valence-electron chi connectivity index (χ1n) is 5.91. The van der Waals surface area contributed by atoms with Gasteiger partial charge in [-0.15, -0.1) is 11.3 Å². The lowest BCUT2D eigenvalue weighted by Gasteiger charge is -2.36. The lowest BCUT2D eigenvalue weighted by molar-refractivity contribution is 0.0290. The van der Waals surface area contributed by atoms with Crippen LogP contribution < -0.4 is 0 Å². The standard InChI is InChI=1S/C12H14BrNO2S/c13-11-4-3-10(17-11)12(16)14-7-1-2-8(14)6-9(15)5-7/h3-4,7-9,15H,1-2,5-6H2. The van der Waals surface area contributed by atoms with Gasteiger partial charge in [0.15, 0.2) is 0 Å². The maximum Gasteiger partial charge on any atom is 0.264 e. The molecule has 2 fully saturated rings. The molecule has 2 unspecified atom stereocenters. The van der Waals surface area contributed by atoms with Crippen LogP contribution in [0.2, 0.25) is 0 Å². The van der Waals surface area contributed by atoms with Crippen LogP contribution in [0.3, 0.4) is 0 Å². The summed E-state index contributed by atoms with van der Waals surface area (Å²) in [7, 11) is 0. The molecule has 2 saturated heterocycles. The number of piperidine rings is 1. The third-order valence-corrected chi connectivity index (χ3v) is 5.34. The molecular formula is C12H14BrNO2S. The number of aliphatic hydroxyl groups is 1. The van der Waals surface area contributed by atoms with Crippen molar-refractivity contribution in [3.63, 3.8) is 0 Å². The molecule has 3 rings (SSSR count). The number of hydrogen-bond donors (Lipinski definition) is 1. The molecular weight excluding hydrogens is 302 g/mol. The second-order valence-electron chi connectivity index (χ2n) is 4.83. The highest BCUT2D eigenvalue weighted by Gasteiger charge is 2.43. The number of rotatable bonds is 1. The molecule has 2 bridgehead atoms. The normalized spacial score (nSPS) is 31.9. The van der Waals surface area contributed by atoms with Crippen LogP contribution in [0, 0.1) is 0 Å². The van der Waals surface area contributed by atoms with E-state index in [-0.39, 0.29) is 24.1 Å². The second kappa shape index (κ2) is 4.37. The molecule has 0 aliphatic carbocycles. The van der Waals surface area contributed by atoms with Gasteiger partial charge in [-0.1, -0.05) is 0 Å². The summed E-state index contributed by atoms with van der Waals surface area (Å²) < 4.78 is 0.991. The maximum absolute atomic E-state index is 12.4. The van der Waals surface area contributed by atoms with E-state index in [1.807, 2.05) is 17.0 Å². The molecule has 0 saturated carbocycles. The van der Waals surface area contributed by atoms with E-state index in [2.05, 4.69) is 15.9 Å². The summed E-state index contributed by atoms with van der Waals surface area (Å²) >= 11 is 4.87. The van der Waals surface area contributed by atoms with Crippen molar-refractivity contribution in [2.75, 3.05) is 0 Å². The van der Waals surface area contributed by atoms with Crippen molar-refractivity contribution < 1.29 is 9.90 Å². The van der Waals surface area contributed by atoms with E-state index in [1.54, 1.807) is 0 Å². The second-order valence-corrected chi connectivity index (χ2v) is 7.29. The Balaban J connectivity index is 1.83. The lowest BCUT2D eigenvalue weighted by Crippen LogP contribution is -2.47. The Morgan fingerprint density at radius 2 is 2.00 bits per heavy atom. The Morgan fingerprint density at radius 1 is 1.35 bits per heavy atom. The minimum Gasteiger partial charge on any atom is -0.393 e. The zero-order valence-corrected chi connectivity index (χ0v) is 11.7. The fourth-order valence-electron chi connectivity index (χ4n) is 3.04. The summed E-state index contributed by atoms with van der Waals surface area (Å²) in [4.78, 5) is 15.2. The highest BCUT2D eigenvalue weighted by Crippen LogP contribution is 2.37. The first-order valence-corrected chi connectivity index (χ1v) is 7.52. The third-order valence-electron chi connectivity index (χ3n) is 3.73. The molecule has 5 heteroatoms. The van der Waals surface area contributed by atoms with Gasteiger partial charge in [-0.3, -0.25) is 4.79 Å². The summed E-state index contributed by atoms with van der Waals surface area (Å²) in [6, 6.07) is 4.29. The zero-order valence-electron chi connectivity index (χ0n) is 9.30. The molecule has 1 N–H and O–H groups in total. The molecule has 2 aliphatic heterocycles. The first kappa shape index (κ1) is 11.7. The van der Waals surface area contributed by atoms with Crippen molar-refractivity contribution in [3.05, 3.63) is 20.8 Å². The summed E-state index contributed by atoms with van der Waals surface area (Å²) in [5, 5.41) is 9.72. The molecule has 92 valence electrons. The highest BCUT2D eigenvalue weighted by atomic mass is 79.9. The van der Waals surface area contributed by atoms with Crippen LogP contribution >= 0.6 is 27.3 Å². The van der Waals surface area contributed by atoms with Crippen LogP contribution in [0.15, 0.2) is 15.9 Å².